The predicted molar refractivity (Wildman–Crippen MR) is 77.6 cm³/mol. The minimum Gasteiger partial charge on any atom is -0.343 e. The van der Waals surface area contributed by atoms with Crippen molar-refractivity contribution in [2.45, 2.75) is 38.5 Å². The van der Waals surface area contributed by atoms with Crippen LogP contribution in [0.2, 0.25) is 0 Å². The summed E-state index contributed by atoms with van der Waals surface area (Å²) in [4.78, 5) is 14.3. The van der Waals surface area contributed by atoms with E-state index in [0.717, 1.165) is 51.2 Å². The van der Waals surface area contributed by atoms with Crippen molar-refractivity contribution < 1.29 is 4.79 Å². The summed E-state index contributed by atoms with van der Waals surface area (Å²) in [5.74, 6) is 4.30. The van der Waals surface area contributed by atoms with E-state index in [-0.39, 0.29) is 0 Å². The Morgan fingerprint density at radius 1 is 1.11 bits per heavy atom. The second-order valence-corrected chi connectivity index (χ2v) is 6.89. The van der Waals surface area contributed by atoms with Crippen LogP contribution < -0.4 is 5.73 Å². The highest BCUT2D eigenvalue weighted by molar-refractivity contribution is 7.99. The summed E-state index contributed by atoms with van der Waals surface area (Å²) in [6.45, 7) is 2.72. The highest BCUT2D eigenvalue weighted by Crippen LogP contribution is 2.27. The van der Waals surface area contributed by atoms with Crippen LogP contribution in [0.1, 0.15) is 38.5 Å². The average molecular weight is 270 g/mol. The second-order valence-electron chi connectivity index (χ2n) is 5.66. The molecule has 18 heavy (non-hydrogen) atoms. The fourth-order valence-corrected chi connectivity index (χ4v) is 4.24. The van der Waals surface area contributed by atoms with E-state index in [4.69, 9.17) is 5.73 Å². The van der Waals surface area contributed by atoms with Gasteiger partial charge < -0.3 is 10.6 Å². The van der Waals surface area contributed by atoms with Crippen LogP contribution in [0.4, 0.5) is 0 Å². The Balaban J connectivity index is 1.70. The quantitative estimate of drug-likeness (QED) is 0.851. The number of nitrogens with zero attached hydrogens (tertiary/aromatic N) is 1. The van der Waals surface area contributed by atoms with Gasteiger partial charge >= 0.3 is 0 Å². The molecule has 4 heteroatoms. The van der Waals surface area contributed by atoms with Gasteiger partial charge in [-0.3, -0.25) is 4.79 Å². The molecule has 0 spiro atoms. The lowest BCUT2D eigenvalue weighted by Crippen LogP contribution is -2.39. The van der Waals surface area contributed by atoms with Crippen molar-refractivity contribution >= 4 is 17.7 Å². The zero-order chi connectivity index (χ0) is 12.8. The smallest absolute Gasteiger partial charge is 0.222 e. The molecule has 1 amide bonds. The van der Waals surface area contributed by atoms with E-state index in [1.54, 1.807) is 0 Å². The van der Waals surface area contributed by atoms with Gasteiger partial charge in [0.15, 0.2) is 0 Å². The van der Waals surface area contributed by atoms with Crippen molar-refractivity contribution in [2.24, 2.45) is 17.6 Å². The van der Waals surface area contributed by atoms with Gasteiger partial charge in [-0.15, -0.1) is 0 Å². The van der Waals surface area contributed by atoms with E-state index < -0.39 is 0 Å². The van der Waals surface area contributed by atoms with Gasteiger partial charge in [0.2, 0.25) is 5.91 Å². The Morgan fingerprint density at radius 3 is 2.39 bits per heavy atom. The summed E-state index contributed by atoms with van der Waals surface area (Å²) in [7, 11) is 0. The normalized spacial score (nSPS) is 23.3. The van der Waals surface area contributed by atoms with Crippen molar-refractivity contribution in [1.82, 2.24) is 4.90 Å². The zero-order valence-electron chi connectivity index (χ0n) is 11.3. The molecule has 0 radical (unpaired) electrons. The van der Waals surface area contributed by atoms with E-state index in [1.807, 2.05) is 11.8 Å². The number of hydrogen-bond acceptors (Lipinski definition) is 3. The molecule has 2 rings (SSSR count). The lowest BCUT2D eigenvalue weighted by molar-refractivity contribution is -0.133. The average Bonchev–Trinajstić information content (AvgIpc) is 2.41. The third kappa shape index (κ3) is 4.16. The molecule has 0 aromatic carbocycles. The molecule has 0 aliphatic carbocycles. The van der Waals surface area contributed by atoms with Gasteiger partial charge in [-0.25, -0.2) is 0 Å². The zero-order valence-corrected chi connectivity index (χ0v) is 12.1. The summed E-state index contributed by atoms with van der Waals surface area (Å²) in [5, 5.41) is 0. The maximum absolute atomic E-state index is 12.2. The molecule has 0 saturated carbocycles. The molecule has 2 heterocycles. The largest absolute Gasteiger partial charge is 0.343 e. The molecule has 0 aromatic rings. The molecule has 2 aliphatic rings. The van der Waals surface area contributed by atoms with Gasteiger partial charge in [0.05, 0.1) is 0 Å². The van der Waals surface area contributed by atoms with Crippen LogP contribution in [-0.4, -0.2) is 41.9 Å². The third-order valence-electron chi connectivity index (χ3n) is 4.35. The minimum atomic E-state index is 0.401. The van der Waals surface area contributed by atoms with E-state index in [2.05, 4.69) is 4.90 Å². The maximum atomic E-state index is 12.2. The van der Waals surface area contributed by atoms with E-state index in [0.29, 0.717) is 11.8 Å². The fraction of sp³-hybridized carbons (Fsp3) is 0.929. The van der Waals surface area contributed by atoms with Gasteiger partial charge in [-0.05, 0) is 62.0 Å². The highest BCUT2D eigenvalue weighted by Gasteiger charge is 2.25. The van der Waals surface area contributed by atoms with Crippen molar-refractivity contribution in [3.63, 3.8) is 0 Å². The Labute approximate surface area is 115 Å². The molecular weight excluding hydrogens is 244 g/mol. The van der Waals surface area contributed by atoms with E-state index in [9.17, 15) is 4.79 Å². The lowest BCUT2D eigenvalue weighted by Gasteiger charge is -2.33. The predicted octanol–water partition coefficient (Wildman–Crippen LogP) is 2.11. The molecule has 3 nitrogen and oxygen atoms in total. The number of amides is 1. The summed E-state index contributed by atoms with van der Waals surface area (Å²) in [6, 6.07) is 0. The van der Waals surface area contributed by atoms with Gasteiger partial charge in [0, 0.05) is 19.5 Å². The van der Waals surface area contributed by atoms with Crippen molar-refractivity contribution in [3.05, 3.63) is 0 Å². The summed E-state index contributed by atoms with van der Waals surface area (Å²) in [5.41, 5.74) is 5.59. The monoisotopic (exact) mass is 270 g/mol. The molecular formula is C14H26N2OS. The number of carbonyl (C=O) groups is 1. The first-order valence-corrected chi connectivity index (χ1v) is 8.50. The first-order valence-electron chi connectivity index (χ1n) is 7.35. The molecule has 2 fully saturated rings. The number of rotatable bonds is 4. The van der Waals surface area contributed by atoms with Crippen LogP contribution >= 0.6 is 11.8 Å². The van der Waals surface area contributed by atoms with E-state index >= 15 is 0 Å². The summed E-state index contributed by atoms with van der Waals surface area (Å²) < 4.78 is 0. The van der Waals surface area contributed by atoms with E-state index in [1.165, 1.54) is 24.3 Å². The molecule has 2 aliphatic heterocycles. The van der Waals surface area contributed by atoms with Gasteiger partial charge in [0.1, 0.15) is 0 Å². The molecule has 0 atom stereocenters. The van der Waals surface area contributed by atoms with Gasteiger partial charge in [-0.2, -0.15) is 11.8 Å². The van der Waals surface area contributed by atoms with Gasteiger partial charge in [0.25, 0.3) is 0 Å². The number of nitrogens with two attached hydrogens (primary N) is 1. The molecule has 2 saturated heterocycles. The minimum absolute atomic E-state index is 0.401. The Hall–Kier alpha value is -0.220. The first kappa shape index (κ1) is 14.2. The fourth-order valence-electron chi connectivity index (χ4n) is 3.03. The maximum Gasteiger partial charge on any atom is 0.222 e. The van der Waals surface area contributed by atoms with Crippen LogP contribution in [0.25, 0.3) is 0 Å². The molecule has 2 N–H and O–H groups in total. The van der Waals surface area contributed by atoms with Gasteiger partial charge in [-0.1, -0.05) is 0 Å². The first-order chi connectivity index (χ1) is 8.79. The summed E-state index contributed by atoms with van der Waals surface area (Å²) >= 11 is 2.03. The second kappa shape index (κ2) is 7.39. The Bertz CT molecular complexity index is 259. The van der Waals surface area contributed by atoms with Crippen molar-refractivity contribution in [1.29, 1.82) is 0 Å². The number of hydrogen-bond donors (Lipinski definition) is 1. The number of thioether (sulfide) groups is 1. The number of carbonyl (C=O) groups excluding carboxylic acids is 1. The molecule has 0 bridgehead atoms. The van der Waals surface area contributed by atoms with Crippen molar-refractivity contribution in [2.75, 3.05) is 31.1 Å². The van der Waals surface area contributed by atoms with Crippen LogP contribution in [-0.2, 0) is 4.79 Å². The SMILES string of the molecule is NCCC1CCN(C(=O)CC2CCSCC2)CC1. The molecule has 0 unspecified atom stereocenters. The summed E-state index contributed by atoms with van der Waals surface area (Å²) in [6.07, 6.45) is 6.71. The van der Waals surface area contributed by atoms with Crippen molar-refractivity contribution in [3.8, 4) is 0 Å². The van der Waals surface area contributed by atoms with Crippen LogP contribution in [0.3, 0.4) is 0 Å². The van der Waals surface area contributed by atoms with Crippen LogP contribution in [0, 0.1) is 11.8 Å². The molecule has 104 valence electrons. The van der Waals surface area contributed by atoms with Crippen LogP contribution in [0.5, 0.6) is 0 Å². The number of piperidine rings is 1. The third-order valence-corrected chi connectivity index (χ3v) is 5.40. The topological polar surface area (TPSA) is 46.3 Å². The Kier molecular flexibility index (Phi) is 5.83. The number of likely N-dealkylation sites (tertiary alicyclic amines) is 1. The van der Waals surface area contributed by atoms with Crippen LogP contribution in [0.15, 0.2) is 0 Å². The molecule has 0 aromatic heterocycles. The Morgan fingerprint density at radius 2 is 1.78 bits per heavy atom. The standard InChI is InChI=1S/C14H26N2OS/c15-6-1-12-2-7-16(8-3-12)14(17)11-13-4-9-18-10-5-13/h12-13H,1-11,15H2. The lowest BCUT2D eigenvalue weighted by atomic mass is 9.92. The highest BCUT2D eigenvalue weighted by atomic mass is 32.2.